The first-order chi connectivity index (χ1) is 6.90. The molecular formula is C9H13ClN2OS. The van der Waals surface area contributed by atoms with Gasteiger partial charge in [-0.2, -0.15) is 0 Å². The van der Waals surface area contributed by atoms with Crippen molar-refractivity contribution in [2.45, 2.75) is 12.6 Å². The first-order valence-corrected chi connectivity index (χ1v) is 6.07. The first-order valence-electron chi connectivity index (χ1n) is 4.66. The van der Waals surface area contributed by atoms with E-state index >= 15 is 0 Å². The number of thiazole rings is 1. The molecule has 0 saturated carbocycles. The van der Waals surface area contributed by atoms with Gasteiger partial charge < -0.3 is 4.74 Å². The molecule has 0 N–H and O–H groups in total. The van der Waals surface area contributed by atoms with Crippen LogP contribution in [0.5, 0.6) is 0 Å². The summed E-state index contributed by atoms with van der Waals surface area (Å²) in [5, 5.41) is 3.16. The Kier molecular flexibility index (Phi) is 3.75. The van der Waals surface area contributed by atoms with Crippen LogP contribution >= 0.6 is 22.9 Å². The molecule has 1 aromatic heterocycles. The minimum atomic E-state index is 0.342. The molecule has 0 aromatic carbocycles. The predicted octanol–water partition coefficient (Wildman–Crippen LogP) is 1.58. The Bertz CT molecular complexity index is 268. The number of aromatic nitrogens is 1. The summed E-state index contributed by atoms with van der Waals surface area (Å²) in [7, 11) is 0. The molecular weight excluding hydrogens is 220 g/mol. The summed E-state index contributed by atoms with van der Waals surface area (Å²) in [5.41, 5.74) is 0. The van der Waals surface area contributed by atoms with Gasteiger partial charge in [0, 0.05) is 30.0 Å². The lowest BCUT2D eigenvalue weighted by Gasteiger charge is -2.33. The SMILES string of the molecule is ClCC1COCCN1Cc1nccs1. The molecule has 14 heavy (non-hydrogen) atoms. The minimum Gasteiger partial charge on any atom is -0.378 e. The first kappa shape index (κ1) is 10.4. The third kappa shape index (κ3) is 2.45. The molecule has 0 spiro atoms. The maximum absolute atomic E-state index is 5.88. The van der Waals surface area contributed by atoms with Gasteiger partial charge in [0.15, 0.2) is 0 Å². The van der Waals surface area contributed by atoms with Gasteiger partial charge in [-0.1, -0.05) is 0 Å². The van der Waals surface area contributed by atoms with Gasteiger partial charge in [-0.05, 0) is 0 Å². The maximum Gasteiger partial charge on any atom is 0.107 e. The summed E-state index contributed by atoms with van der Waals surface area (Å²) in [5.74, 6) is 0.630. The van der Waals surface area contributed by atoms with E-state index in [1.807, 2.05) is 11.6 Å². The second-order valence-electron chi connectivity index (χ2n) is 3.28. The van der Waals surface area contributed by atoms with Crippen molar-refractivity contribution >= 4 is 22.9 Å². The topological polar surface area (TPSA) is 25.4 Å². The number of alkyl halides is 1. The van der Waals surface area contributed by atoms with Gasteiger partial charge in [-0.15, -0.1) is 22.9 Å². The predicted molar refractivity (Wildman–Crippen MR) is 57.9 cm³/mol. The molecule has 1 atom stereocenters. The minimum absolute atomic E-state index is 0.342. The number of hydrogen-bond acceptors (Lipinski definition) is 4. The number of morpholine rings is 1. The average Bonchev–Trinajstić information content (AvgIpc) is 2.71. The summed E-state index contributed by atoms with van der Waals surface area (Å²) < 4.78 is 5.38. The summed E-state index contributed by atoms with van der Waals surface area (Å²) in [6.45, 7) is 3.41. The number of halogens is 1. The highest BCUT2D eigenvalue weighted by atomic mass is 35.5. The molecule has 0 bridgehead atoms. The van der Waals surface area contributed by atoms with E-state index in [4.69, 9.17) is 16.3 Å². The maximum atomic E-state index is 5.88. The van der Waals surface area contributed by atoms with Crippen molar-refractivity contribution < 1.29 is 4.74 Å². The second kappa shape index (κ2) is 5.07. The van der Waals surface area contributed by atoms with Crippen LogP contribution in [0.1, 0.15) is 5.01 Å². The molecule has 1 aliphatic rings. The fraction of sp³-hybridized carbons (Fsp3) is 0.667. The monoisotopic (exact) mass is 232 g/mol. The fourth-order valence-corrected chi connectivity index (χ4v) is 2.47. The van der Waals surface area contributed by atoms with Crippen molar-refractivity contribution in [2.24, 2.45) is 0 Å². The molecule has 1 aromatic rings. The van der Waals surface area contributed by atoms with Crippen molar-refractivity contribution in [3.05, 3.63) is 16.6 Å². The van der Waals surface area contributed by atoms with Crippen LogP contribution in [0.3, 0.4) is 0 Å². The van der Waals surface area contributed by atoms with Crippen molar-refractivity contribution in [2.75, 3.05) is 25.6 Å². The van der Waals surface area contributed by atoms with Gasteiger partial charge in [-0.3, -0.25) is 4.90 Å². The number of rotatable bonds is 3. The van der Waals surface area contributed by atoms with Crippen LogP contribution < -0.4 is 0 Å². The van der Waals surface area contributed by atoms with E-state index in [1.165, 1.54) is 0 Å². The van der Waals surface area contributed by atoms with Crippen molar-refractivity contribution in [1.82, 2.24) is 9.88 Å². The molecule has 78 valence electrons. The molecule has 1 fully saturated rings. The van der Waals surface area contributed by atoms with E-state index < -0.39 is 0 Å². The van der Waals surface area contributed by atoms with E-state index in [0.29, 0.717) is 11.9 Å². The van der Waals surface area contributed by atoms with Gasteiger partial charge >= 0.3 is 0 Å². The van der Waals surface area contributed by atoms with E-state index in [9.17, 15) is 0 Å². The summed E-state index contributed by atoms with van der Waals surface area (Å²) >= 11 is 7.57. The van der Waals surface area contributed by atoms with Crippen LogP contribution in [-0.2, 0) is 11.3 Å². The Morgan fingerprint density at radius 1 is 1.71 bits per heavy atom. The Labute approximate surface area is 92.7 Å². The highest BCUT2D eigenvalue weighted by molar-refractivity contribution is 7.09. The number of hydrogen-bond donors (Lipinski definition) is 0. The lowest BCUT2D eigenvalue weighted by Crippen LogP contribution is -2.45. The summed E-state index contributed by atoms with van der Waals surface area (Å²) in [4.78, 5) is 6.61. The van der Waals surface area contributed by atoms with Crippen LogP contribution in [0.15, 0.2) is 11.6 Å². The number of ether oxygens (including phenoxy) is 1. The molecule has 1 saturated heterocycles. The van der Waals surface area contributed by atoms with Crippen LogP contribution in [0, 0.1) is 0 Å². The van der Waals surface area contributed by atoms with Gasteiger partial charge in [0.05, 0.1) is 19.8 Å². The van der Waals surface area contributed by atoms with Gasteiger partial charge in [0.2, 0.25) is 0 Å². The molecule has 1 unspecified atom stereocenters. The second-order valence-corrected chi connectivity index (χ2v) is 4.57. The fourth-order valence-electron chi connectivity index (χ4n) is 1.54. The normalized spacial score (nSPS) is 23.9. The summed E-state index contributed by atoms with van der Waals surface area (Å²) in [6.07, 6.45) is 1.84. The lowest BCUT2D eigenvalue weighted by molar-refractivity contribution is -0.00306. The highest BCUT2D eigenvalue weighted by Gasteiger charge is 2.22. The molecule has 2 heterocycles. The Morgan fingerprint density at radius 2 is 2.64 bits per heavy atom. The van der Waals surface area contributed by atoms with Crippen LogP contribution in [0.2, 0.25) is 0 Å². The highest BCUT2D eigenvalue weighted by Crippen LogP contribution is 2.14. The molecule has 0 aliphatic carbocycles. The van der Waals surface area contributed by atoms with E-state index in [-0.39, 0.29) is 0 Å². The van der Waals surface area contributed by atoms with E-state index in [0.717, 1.165) is 31.3 Å². The van der Waals surface area contributed by atoms with E-state index in [1.54, 1.807) is 11.3 Å². The molecule has 1 aliphatic heterocycles. The smallest absolute Gasteiger partial charge is 0.107 e. The zero-order valence-corrected chi connectivity index (χ0v) is 9.43. The van der Waals surface area contributed by atoms with Gasteiger partial charge in [0.1, 0.15) is 5.01 Å². The largest absolute Gasteiger partial charge is 0.378 e. The van der Waals surface area contributed by atoms with Crippen molar-refractivity contribution in [3.63, 3.8) is 0 Å². The third-order valence-electron chi connectivity index (χ3n) is 2.35. The summed E-state index contributed by atoms with van der Waals surface area (Å²) in [6, 6.07) is 0.342. The van der Waals surface area contributed by atoms with Crippen LogP contribution in [0.25, 0.3) is 0 Å². The number of nitrogens with zero attached hydrogens (tertiary/aromatic N) is 2. The van der Waals surface area contributed by atoms with Gasteiger partial charge in [-0.25, -0.2) is 4.98 Å². The molecule has 0 radical (unpaired) electrons. The molecule has 5 heteroatoms. The standard InChI is InChI=1S/C9H13ClN2OS/c10-5-8-7-13-3-2-12(8)6-9-11-1-4-14-9/h1,4,8H,2-3,5-7H2. The lowest BCUT2D eigenvalue weighted by atomic mass is 10.2. The van der Waals surface area contributed by atoms with Crippen molar-refractivity contribution in [1.29, 1.82) is 0 Å². The Morgan fingerprint density at radius 3 is 3.36 bits per heavy atom. The zero-order chi connectivity index (χ0) is 9.80. The zero-order valence-electron chi connectivity index (χ0n) is 7.86. The van der Waals surface area contributed by atoms with Crippen LogP contribution in [-0.4, -0.2) is 41.6 Å². The molecule has 2 rings (SSSR count). The van der Waals surface area contributed by atoms with Crippen molar-refractivity contribution in [3.8, 4) is 0 Å². The Balaban J connectivity index is 1.94. The molecule has 0 amide bonds. The van der Waals surface area contributed by atoms with Crippen LogP contribution in [0.4, 0.5) is 0 Å². The Hall–Kier alpha value is -0.160. The average molecular weight is 233 g/mol. The third-order valence-corrected chi connectivity index (χ3v) is 3.47. The van der Waals surface area contributed by atoms with E-state index in [2.05, 4.69) is 9.88 Å². The van der Waals surface area contributed by atoms with Gasteiger partial charge in [0.25, 0.3) is 0 Å². The molecule has 3 nitrogen and oxygen atoms in total. The quantitative estimate of drug-likeness (QED) is 0.740.